The molecule has 1 heteroatoms. The van der Waals surface area contributed by atoms with Gasteiger partial charge in [-0.05, 0) is 75.3 Å². The van der Waals surface area contributed by atoms with E-state index in [1.165, 1.54) is 77.0 Å². The summed E-state index contributed by atoms with van der Waals surface area (Å²) in [7, 11) is 0. The summed E-state index contributed by atoms with van der Waals surface area (Å²) in [5.74, 6) is 0. The van der Waals surface area contributed by atoms with E-state index in [0.29, 0.717) is 0 Å². The van der Waals surface area contributed by atoms with E-state index >= 15 is 0 Å². The fourth-order valence-corrected chi connectivity index (χ4v) is 6.92. The Morgan fingerprint density at radius 2 is 1.57 bits per heavy atom. The van der Waals surface area contributed by atoms with Gasteiger partial charge in [-0.3, -0.25) is 0 Å². The number of benzene rings is 5. The van der Waals surface area contributed by atoms with E-state index in [9.17, 15) is 0 Å². The molecule has 0 saturated carbocycles. The molecule has 170 valence electrons. The van der Waals surface area contributed by atoms with Gasteiger partial charge in [-0.2, -0.15) is 0 Å². The molecular weight excluding hydrogens is 446 g/mol. The van der Waals surface area contributed by atoms with Gasteiger partial charge >= 0.3 is 0 Å². The van der Waals surface area contributed by atoms with Crippen molar-refractivity contribution >= 4 is 49.3 Å². The van der Waals surface area contributed by atoms with Crippen LogP contribution in [0.1, 0.15) is 17.7 Å². The minimum absolute atomic E-state index is 1.03. The van der Waals surface area contributed by atoms with Crippen molar-refractivity contribution in [3.8, 4) is 27.9 Å². The van der Waals surface area contributed by atoms with Crippen LogP contribution in [0.4, 0.5) is 0 Å². The van der Waals surface area contributed by atoms with Crippen molar-refractivity contribution in [1.29, 1.82) is 0 Å². The first kappa shape index (κ1) is 19.4. The molecule has 7 aromatic rings. The molecule has 37 heavy (non-hydrogen) atoms. The Kier molecular flexibility index (Phi) is 3.62. The van der Waals surface area contributed by atoms with E-state index in [0.717, 1.165) is 18.2 Å². The van der Waals surface area contributed by atoms with Crippen LogP contribution in [0.25, 0.3) is 77.2 Å². The second-order valence-electron chi connectivity index (χ2n) is 10.2. The van der Waals surface area contributed by atoms with Gasteiger partial charge in [0.05, 0.1) is 11.2 Å². The van der Waals surface area contributed by atoms with Gasteiger partial charge in [-0.15, -0.1) is 0 Å². The third-order valence-electron chi connectivity index (χ3n) is 8.39. The summed E-state index contributed by atoms with van der Waals surface area (Å²) < 4.78 is 2.58. The molecule has 0 fully saturated rings. The van der Waals surface area contributed by atoms with Crippen LogP contribution in [-0.4, -0.2) is 4.57 Å². The first-order valence-corrected chi connectivity index (χ1v) is 13.0. The van der Waals surface area contributed by atoms with Gasteiger partial charge in [0.2, 0.25) is 0 Å². The van der Waals surface area contributed by atoms with Gasteiger partial charge in [0, 0.05) is 33.0 Å². The van der Waals surface area contributed by atoms with Gasteiger partial charge in [-0.1, -0.05) is 91.0 Å². The lowest BCUT2D eigenvalue weighted by Crippen LogP contribution is -2.06. The van der Waals surface area contributed by atoms with E-state index in [1.807, 2.05) is 6.07 Å². The van der Waals surface area contributed by atoms with Crippen LogP contribution in [0.3, 0.4) is 0 Å². The van der Waals surface area contributed by atoms with Crippen molar-refractivity contribution in [2.24, 2.45) is 0 Å². The van der Waals surface area contributed by atoms with Gasteiger partial charge in [0.15, 0.2) is 0 Å². The maximum Gasteiger partial charge on any atom is 0.0635 e. The third-order valence-corrected chi connectivity index (χ3v) is 8.39. The van der Waals surface area contributed by atoms with Crippen LogP contribution in [0.15, 0.2) is 97.1 Å². The number of aromatic nitrogens is 1. The molecule has 0 spiro atoms. The molecule has 0 N–H and O–H groups in total. The molecule has 9 rings (SSSR count). The maximum absolute atomic E-state index is 3.51. The molecule has 6 aromatic carbocycles. The summed E-state index contributed by atoms with van der Waals surface area (Å²) in [5, 5.41) is 8.83. The van der Waals surface area contributed by atoms with Crippen LogP contribution < -0.4 is 0 Å². The van der Waals surface area contributed by atoms with Gasteiger partial charge in [-0.25, -0.2) is 0 Å². The van der Waals surface area contributed by atoms with Crippen molar-refractivity contribution < 1.29 is 0 Å². The quantitative estimate of drug-likeness (QED) is 0.227. The molecule has 0 bridgehead atoms. The summed E-state index contributed by atoms with van der Waals surface area (Å²) in [5.41, 5.74) is 10.6. The highest BCUT2D eigenvalue weighted by Crippen LogP contribution is 2.53. The van der Waals surface area contributed by atoms with Crippen molar-refractivity contribution in [2.75, 3.05) is 0 Å². The summed E-state index contributed by atoms with van der Waals surface area (Å²) in [6, 6.07) is 40.2. The normalized spacial score (nSPS) is 13.4. The Morgan fingerprint density at radius 3 is 2.51 bits per heavy atom. The standard InChI is InChI=1S/C36H21N/c1-2-12-25-22(9-1)19-20-24-21-30-28-15-7-10-23-11-8-16-29(33(23)28)35(30)36(34(24)25)37-31-17-5-3-13-26(31)27-14-4-6-18-32(27)37/h1,3-5,7-11,13-17,19-21H,6,18H2. The second-order valence-corrected chi connectivity index (χ2v) is 10.2. The van der Waals surface area contributed by atoms with Gasteiger partial charge < -0.3 is 4.57 Å². The fourth-order valence-electron chi connectivity index (χ4n) is 6.92. The van der Waals surface area contributed by atoms with Crippen molar-refractivity contribution in [3.05, 3.63) is 120 Å². The molecule has 1 nitrogen and oxygen atoms in total. The number of allylic oxidation sites excluding steroid dienone is 1. The molecule has 0 amide bonds. The van der Waals surface area contributed by atoms with E-state index < -0.39 is 0 Å². The number of para-hydroxylation sites is 1. The van der Waals surface area contributed by atoms with Gasteiger partial charge in [0.25, 0.3) is 0 Å². The molecule has 2 aliphatic carbocycles. The highest BCUT2D eigenvalue weighted by molar-refractivity contribution is 6.24. The Labute approximate surface area is 214 Å². The molecule has 1 heterocycles. The van der Waals surface area contributed by atoms with E-state index in [4.69, 9.17) is 0 Å². The highest BCUT2D eigenvalue weighted by atomic mass is 15.0. The fraction of sp³-hybridized carbons (Fsp3) is 0.0556. The minimum atomic E-state index is 1.03. The van der Waals surface area contributed by atoms with Crippen molar-refractivity contribution in [3.63, 3.8) is 0 Å². The zero-order valence-electron chi connectivity index (χ0n) is 20.2. The molecular formula is C36H21N. The summed E-state index contributed by atoms with van der Waals surface area (Å²) in [6.07, 6.45) is 6.74. The van der Waals surface area contributed by atoms with Crippen LogP contribution in [0.2, 0.25) is 0 Å². The summed E-state index contributed by atoms with van der Waals surface area (Å²) in [4.78, 5) is 0. The minimum Gasteiger partial charge on any atom is -0.312 e. The van der Waals surface area contributed by atoms with E-state index in [1.54, 1.807) is 0 Å². The zero-order valence-corrected chi connectivity index (χ0v) is 20.2. The number of fused-ring (bicyclic) bond motifs is 9. The van der Waals surface area contributed by atoms with Gasteiger partial charge in [0.1, 0.15) is 0 Å². The lowest BCUT2D eigenvalue weighted by Gasteiger charge is -2.21. The Hall–Kier alpha value is -4.80. The monoisotopic (exact) mass is 467 g/mol. The average Bonchev–Trinajstić information content (AvgIpc) is 3.46. The van der Waals surface area contributed by atoms with Crippen LogP contribution in [0, 0.1) is 12.1 Å². The predicted octanol–water partition coefficient (Wildman–Crippen LogP) is 9.30. The van der Waals surface area contributed by atoms with Crippen molar-refractivity contribution in [2.45, 2.75) is 12.8 Å². The molecule has 0 unspecified atom stereocenters. The third kappa shape index (κ3) is 2.40. The lowest BCUT2D eigenvalue weighted by atomic mass is 9.92. The predicted molar refractivity (Wildman–Crippen MR) is 155 cm³/mol. The van der Waals surface area contributed by atoms with Crippen molar-refractivity contribution in [1.82, 2.24) is 4.57 Å². The second kappa shape index (κ2) is 6.90. The topological polar surface area (TPSA) is 4.93 Å². The average molecular weight is 468 g/mol. The smallest absolute Gasteiger partial charge is 0.0635 e. The first-order valence-electron chi connectivity index (χ1n) is 13.0. The largest absolute Gasteiger partial charge is 0.312 e. The number of nitrogens with zero attached hydrogens (tertiary/aromatic N) is 1. The molecule has 1 aromatic heterocycles. The maximum atomic E-state index is 3.51. The Bertz CT molecular complexity index is 2130. The lowest BCUT2D eigenvalue weighted by molar-refractivity contribution is 0.893. The molecule has 2 aliphatic rings. The SMILES string of the molecule is c1ccc2ccc3cc4c(c(-n5c6c(c7ccccc75)C=CCC6)c3c2c#1)-c1cccc2cccc-4c12. The van der Waals surface area contributed by atoms with Crippen LogP contribution >= 0.6 is 0 Å². The number of hydrogen-bond acceptors (Lipinski definition) is 0. The van der Waals surface area contributed by atoms with E-state index in [-0.39, 0.29) is 0 Å². The summed E-state index contributed by atoms with van der Waals surface area (Å²) in [6.45, 7) is 0. The molecule has 0 atom stereocenters. The number of rotatable bonds is 1. The van der Waals surface area contributed by atoms with Crippen LogP contribution in [0.5, 0.6) is 0 Å². The first-order chi connectivity index (χ1) is 18.4. The van der Waals surface area contributed by atoms with Crippen LogP contribution in [-0.2, 0) is 6.42 Å². The highest BCUT2D eigenvalue weighted by Gasteiger charge is 2.29. The zero-order chi connectivity index (χ0) is 24.1. The molecule has 0 radical (unpaired) electrons. The Morgan fingerprint density at radius 1 is 0.703 bits per heavy atom. The summed E-state index contributed by atoms with van der Waals surface area (Å²) >= 11 is 0. The molecule has 0 saturated heterocycles. The Balaban J connectivity index is 1.59. The number of hydrogen-bond donors (Lipinski definition) is 0. The van der Waals surface area contributed by atoms with E-state index in [2.05, 4.69) is 114 Å². The molecule has 0 aliphatic heterocycles.